The summed E-state index contributed by atoms with van der Waals surface area (Å²) < 4.78 is 25.9. The first kappa shape index (κ1) is 12.4. The number of nitrogens with two attached hydrogens (primary N) is 1. The number of nitrogens with one attached hydrogen (secondary N) is 1. The summed E-state index contributed by atoms with van der Waals surface area (Å²) in [5.41, 5.74) is 5.85. The minimum Gasteiger partial charge on any atom is -0.330 e. The Morgan fingerprint density at radius 1 is 1.22 bits per heavy atom. The van der Waals surface area contributed by atoms with Crippen LogP contribution in [0.5, 0.6) is 0 Å². The molecule has 6 heteroatoms. The molecule has 18 heavy (non-hydrogen) atoms. The third kappa shape index (κ3) is 2.60. The third-order valence-electron chi connectivity index (χ3n) is 2.39. The summed E-state index contributed by atoms with van der Waals surface area (Å²) in [7, 11) is 0. The highest BCUT2D eigenvalue weighted by atomic mass is 19.2. The van der Waals surface area contributed by atoms with Crippen LogP contribution in [0.4, 0.5) is 8.78 Å². The number of nitrogens with zero attached hydrogens (tertiary/aromatic N) is 1. The Morgan fingerprint density at radius 2 is 2.00 bits per heavy atom. The van der Waals surface area contributed by atoms with Crippen LogP contribution in [0.2, 0.25) is 0 Å². The summed E-state index contributed by atoms with van der Waals surface area (Å²) in [6.07, 6.45) is 0.445. The molecule has 94 valence electrons. The summed E-state index contributed by atoms with van der Waals surface area (Å²) in [6.45, 7) is 0.355. The second-order valence-corrected chi connectivity index (χ2v) is 3.75. The van der Waals surface area contributed by atoms with Crippen molar-refractivity contribution in [1.29, 1.82) is 0 Å². The van der Waals surface area contributed by atoms with Crippen molar-refractivity contribution in [2.24, 2.45) is 5.73 Å². The molecule has 0 aliphatic heterocycles. The number of benzene rings is 1. The maximum Gasteiger partial charge on any atom is 0.251 e. The molecule has 0 bridgehead atoms. The normalized spacial score (nSPS) is 10.6. The van der Waals surface area contributed by atoms with Gasteiger partial charge in [0.15, 0.2) is 11.6 Å². The van der Waals surface area contributed by atoms with Crippen molar-refractivity contribution in [2.45, 2.75) is 6.42 Å². The molecule has 1 aromatic carbocycles. The van der Waals surface area contributed by atoms with E-state index in [1.54, 1.807) is 0 Å². The lowest BCUT2D eigenvalue weighted by Crippen LogP contribution is -2.13. The molecule has 2 aromatic rings. The number of aromatic nitrogens is 2. The van der Waals surface area contributed by atoms with Gasteiger partial charge < -0.3 is 10.7 Å². The monoisotopic (exact) mass is 251 g/mol. The quantitative estimate of drug-likeness (QED) is 0.861. The van der Waals surface area contributed by atoms with Crippen LogP contribution in [0.25, 0.3) is 11.4 Å². The highest BCUT2D eigenvalue weighted by Crippen LogP contribution is 2.17. The summed E-state index contributed by atoms with van der Waals surface area (Å²) in [6, 6.07) is 4.65. The number of aromatic amines is 1. The van der Waals surface area contributed by atoms with Crippen molar-refractivity contribution >= 4 is 0 Å². The van der Waals surface area contributed by atoms with Crippen LogP contribution in [0, 0.1) is 11.6 Å². The van der Waals surface area contributed by atoms with Gasteiger partial charge in [-0.3, -0.25) is 4.79 Å². The molecular formula is C12H11F2N3O. The highest BCUT2D eigenvalue weighted by molar-refractivity contribution is 5.54. The largest absolute Gasteiger partial charge is 0.330 e. The lowest BCUT2D eigenvalue weighted by molar-refractivity contribution is 0.509. The number of H-pyrrole nitrogens is 1. The van der Waals surface area contributed by atoms with E-state index in [4.69, 9.17) is 5.73 Å². The van der Waals surface area contributed by atoms with E-state index in [9.17, 15) is 13.6 Å². The molecule has 3 N–H and O–H groups in total. The molecule has 0 aliphatic rings. The molecular weight excluding hydrogens is 240 g/mol. The maximum atomic E-state index is 13.1. The Kier molecular flexibility index (Phi) is 3.47. The van der Waals surface area contributed by atoms with E-state index in [-0.39, 0.29) is 11.4 Å². The van der Waals surface area contributed by atoms with Crippen LogP contribution in [0.3, 0.4) is 0 Å². The second-order valence-electron chi connectivity index (χ2n) is 3.75. The number of rotatable bonds is 3. The first-order valence-corrected chi connectivity index (χ1v) is 5.36. The average molecular weight is 251 g/mol. The van der Waals surface area contributed by atoms with E-state index in [1.165, 1.54) is 12.1 Å². The van der Waals surface area contributed by atoms with Crippen molar-refractivity contribution in [3.8, 4) is 11.4 Å². The van der Waals surface area contributed by atoms with Gasteiger partial charge in [-0.15, -0.1) is 0 Å². The van der Waals surface area contributed by atoms with E-state index in [2.05, 4.69) is 9.97 Å². The van der Waals surface area contributed by atoms with Crippen LogP contribution < -0.4 is 11.3 Å². The molecule has 1 heterocycles. The zero-order chi connectivity index (χ0) is 13.1. The molecule has 0 amide bonds. The molecule has 0 unspecified atom stereocenters. The van der Waals surface area contributed by atoms with Gasteiger partial charge >= 0.3 is 0 Å². The Balaban J connectivity index is 2.49. The molecule has 0 radical (unpaired) electrons. The van der Waals surface area contributed by atoms with Gasteiger partial charge in [0.2, 0.25) is 0 Å². The van der Waals surface area contributed by atoms with E-state index in [0.717, 1.165) is 12.1 Å². The van der Waals surface area contributed by atoms with E-state index in [1.807, 2.05) is 0 Å². The fourth-order valence-electron chi connectivity index (χ4n) is 1.56. The lowest BCUT2D eigenvalue weighted by Gasteiger charge is -2.04. The SMILES string of the molecule is NCCc1cc(=O)[nH]c(-c2ccc(F)c(F)c2)n1. The molecule has 4 nitrogen and oxygen atoms in total. The van der Waals surface area contributed by atoms with Crippen molar-refractivity contribution in [3.63, 3.8) is 0 Å². The smallest absolute Gasteiger partial charge is 0.251 e. The first-order chi connectivity index (χ1) is 8.60. The Morgan fingerprint density at radius 3 is 2.67 bits per heavy atom. The second kappa shape index (κ2) is 5.05. The summed E-state index contributed by atoms with van der Waals surface area (Å²) in [5, 5.41) is 0. The number of halogens is 2. The van der Waals surface area contributed by atoms with E-state index in [0.29, 0.717) is 24.2 Å². The molecule has 0 saturated heterocycles. The molecule has 2 rings (SSSR count). The fourth-order valence-corrected chi connectivity index (χ4v) is 1.56. The zero-order valence-corrected chi connectivity index (χ0v) is 9.41. The van der Waals surface area contributed by atoms with Crippen LogP contribution in [0.15, 0.2) is 29.1 Å². The Hall–Kier alpha value is -2.08. The van der Waals surface area contributed by atoms with Gasteiger partial charge in [-0.1, -0.05) is 0 Å². The standard InChI is InChI=1S/C12H11F2N3O/c13-9-2-1-7(5-10(9)14)12-16-8(3-4-15)6-11(18)17-12/h1-2,5-6H,3-4,15H2,(H,16,17,18). The van der Waals surface area contributed by atoms with Gasteiger partial charge in [-0.2, -0.15) is 0 Å². The van der Waals surface area contributed by atoms with Gasteiger partial charge in [0.05, 0.1) is 0 Å². The minimum absolute atomic E-state index is 0.199. The molecule has 0 aliphatic carbocycles. The van der Waals surface area contributed by atoms with Gasteiger partial charge in [0.25, 0.3) is 5.56 Å². The minimum atomic E-state index is -0.987. The molecule has 0 atom stereocenters. The topological polar surface area (TPSA) is 71.8 Å². The fraction of sp³-hybridized carbons (Fsp3) is 0.167. The number of hydrogen-bond acceptors (Lipinski definition) is 3. The van der Waals surface area contributed by atoms with E-state index >= 15 is 0 Å². The van der Waals surface area contributed by atoms with Gasteiger partial charge in [-0.05, 0) is 24.7 Å². The van der Waals surface area contributed by atoms with Gasteiger partial charge in [0, 0.05) is 23.7 Å². The Labute approximate surface area is 101 Å². The van der Waals surface area contributed by atoms with Crippen molar-refractivity contribution < 1.29 is 8.78 Å². The van der Waals surface area contributed by atoms with Crippen molar-refractivity contribution in [1.82, 2.24) is 9.97 Å². The number of hydrogen-bond donors (Lipinski definition) is 2. The molecule has 1 aromatic heterocycles. The van der Waals surface area contributed by atoms with E-state index < -0.39 is 11.6 Å². The van der Waals surface area contributed by atoms with Gasteiger partial charge in [-0.25, -0.2) is 13.8 Å². The van der Waals surface area contributed by atoms with Crippen LogP contribution in [0.1, 0.15) is 5.69 Å². The average Bonchev–Trinajstić information content (AvgIpc) is 2.32. The molecule has 0 saturated carbocycles. The summed E-state index contributed by atoms with van der Waals surface area (Å²) in [5.74, 6) is -1.73. The predicted molar refractivity (Wildman–Crippen MR) is 63.0 cm³/mol. The third-order valence-corrected chi connectivity index (χ3v) is 2.39. The maximum absolute atomic E-state index is 13.1. The predicted octanol–water partition coefficient (Wildman–Crippen LogP) is 1.22. The van der Waals surface area contributed by atoms with Crippen LogP contribution in [-0.2, 0) is 6.42 Å². The van der Waals surface area contributed by atoms with Crippen LogP contribution >= 0.6 is 0 Å². The van der Waals surface area contributed by atoms with Crippen molar-refractivity contribution in [2.75, 3.05) is 6.54 Å². The molecule has 0 spiro atoms. The van der Waals surface area contributed by atoms with Crippen molar-refractivity contribution in [3.05, 3.63) is 51.9 Å². The molecule has 0 fully saturated rings. The van der Waals surface area contributed by atoms with Gasteiger partial charge in [0.1, 0.15) is 5.82 Å². The summed E-state index contributed by atoms with van der Waals surface area (Å²) >= 11 is 0. The highest BCUT2D eigenvalue weighted by Gasteiger charge is 2.07. The Bertz CT molecular complexity index is 625. The van der Waals surface area contributed by atoms with Crippen LogP contribution in [-0.4, -0.2) is 16.5 Å². The first-order valence-electron chi connectivity index (χ1n) is 5.36. The zero-order valence-electron chi connectivity index (χ0n) is 9.41. The lowest BCUT2D eigenvalue weighted by atomic mass is 10.2. The summed E-state index contributed by atoms with van der Waals surface area (Å²) in [4.78, 5) is 18.0.